The zero-order valence-corrected chi connectivity index (χ0v) is 18.7. The van der Waals surface area contributed by atoms with Gasteiger partial charge >= 0.3 is 33.0 Å². The molecule has 3 rings (SSSR count). The monoisotopic (exact) mass is 476 g/mol. The van der Waals surface area contributed by atoms with E-state index in [0.29, 0.717) is 0 Å². The van der Waals surface area contributed by atoms with Crippen LogP contribution in [-0.4, -0.2) is 6.16 Å². The van der Waals surface area contributed by atoms with Gasteiger partial charge in [0.05, 0.1) is 6.16 Å². The normalized spacial score (nSPS) is 13.9. The summed E-state index contributed by atoms with van der Waals surface area (Å²) >= 11 is 0. The molecule has 0 N–H and O–H groups in total. The molecule has 0 atom stereocenters. The second kappa shape index (κ2) is 8.76. The zero-order valence-electron chi connectivity index (χ0n) is 16.9. The second-order valence-corrected chi connectivity index (χ2v) is 12.7. The number of hydrogen-bond acceptors (Lipinski definition) is 0. The van der Waals surface area contributed by atoms with Crippen molar-refractivity contribution in [3.63, 3.8) is 0 Å². The number of hydrogen-bond donors (Lipinski definition) is 0. The van der Waals surface area contributed by atoms with E-state index in [9.17, 15) is 25.2 Å². The standard InChI is InChI=1S/C23H24P.F6P/c1-20(2)18-19-24(21-12-6-3-7-13-21,22-14-8-4-9-15-22)23-16-10-5-11-17-23;1-7(2,3,4,5)6/h3-17H,1,18-19H2,2H3;/q+1;-1. The Labute approximate surface area is 179 Å². The van der Waals surface area contributed by atoms with Gasteiger partial charge in [-0.15, -0.1) is 6.58 Å². The van der Waals surface area contributed by atoms with Gasteiger partial charge in [0.2, 0.25) is 0 Å². The zero-order chi connectivity index (χ0) is 23.2. The van der Waals surface area contributed by atoms with Crippen LogP contribution in [0.4, 0.5) is 25.2 Å². The van der Waals surface area contributed by atoms with Crippen LogP contribution in [0.5, 0.6) is 0 Å². The van der Waals surface area contributed by atoms with E-state index in [1.165, 1.54) is 21.5 Å². The first-order chi connectivity index (χ1) is 14.2. The van der Waals surface area contributed by atoms with Crippen molar-refractivity contribution >= 4 is 31.0 Å². The summed E-state index contributed by atoms with van der Waals surface area (Å²) in [5.41, 5.74) is 1.25. The van der Waals surface area contributed by atoms with Crippen LogP contribution in [0, 0.1) is 0 Å². The number of halogens is 6. The molecule has 0 aromatic heterocycles. The molecule has 0 bridgehead atoms. The van der Waals surface area contributed by atoms with Crippen LogP contribution < -0.4 is 15.9 Å². The van der Waals surface area contributed by atoms with Gasteiger partial charge in [0.25, 0.3) is 0 Å². The Morgan fingerprint density at radius 1 is 0.645 bits per heavy atom. The van der Waals surface area contributed by atoms with Crippen molar-refractivity contribution < 1.29 is 25.2 Å². The summed E-state index contributed by atoms with van der Waals surface area (Å²) in [6.07, 6.45) is 2.17. The Morgan fingerprint density at radius 3 is 1.13 bits per heavy atom. The van der Waals surface area contributed by atoms with E-state index < -0.39 is 15.1 Å². The molecule has 3 aromatic carbocycles. The van der Waals surface area contributed by atoms with Gasteiger partial charge in [-0.3, -0.25) is 0 Å². The van der Waals surface area contributed by atoms with E-state index in [2.05, 4.69) is 104 Å². The Hall–Kier alpha value is -2.16. The molecule has 31 heavy (non-hydrogen) atoms. The Bertz CT molecular complexity index is 878. The third-order valence-corrected chi connectivity index (χ3v) is 8.90. The first kappa shape index (κ1) is 25.1. The Balaban J connectivity index is 0.000000423. The molecule has 0 fully saturated rings. The molecular weight excluding hydrogens is 452 g/mol. The molecular formula is C23H24F6P2. The molecule has 0 saturated carbocycles. The van der Waals surface area contributed by atoms with Gasteiger partial charge in [0.15, 0.2) is 0 Å². The molecule has 0 heterocycles. The van der Waals surface area contributed by atoms with E-state index in [1.807, 2.05) is 0 Å². The predicted octanol–water partition coefficient (Wildman–Crippen LogP) is 8.33. The van der Waals surface area contributed by atoms with Gasteiger partial charge in [-0.1, -0.05) is 60.2 Å². The number of rotatable bonds is 6. The van der Waals surface area contributed by atoms with Gasteiger partial charge in [0.1, 0.15) is 23.2 Å². The summed E-state index contributed by atoms with van der Waals surface area (Å²) < 4.78 is 59.2. The van der Waals surface area contributed by atoms with Crippen LogP contribution in [-0.2, 0) is 0 Å². The summed E-state index contributed by atoms with van der Waals surface area (Å²) in [6, 6.07) is 33.1. The maximum atomic E-state index is 9.87. The quantitative estimate of drug-likeness (QED) is 0.191. The fourth-order valence-corrected chi connectivity index (χ4v) is 7.67. The average Bonchev–Trinajstić information content (AvgIpc) is 2.68. The summed E-state index contributed by atoms with van der Waals surface area (Å²) in [6.45, 7) is 6.29. The van der Waals surface area contributed by atoms with Crippen LogP contribution in [0.3, 0.4) is 0 Å². The van der Waals surface area contributed by atoms with Gasteiger partial charge < -0.3 is 0 Å². The van der Waals surface area contributed by atoms with Gasteiger partial charge in [-0.2, -0.15) is 0 Å². The maximum absolute atomic E-state index is 10.7. The van der Waals surface area contributed by atoms with Crippen molar-refractivity contribution in [2.24, 2.45) is 0 Å². The van der Waals surface area contributed by atoms with E-state index in [4.69, 9.17) is 0 Å². The van der Waals surface area contributed by atoms with Gasteiger partial charge in [0, 0.05) is 6.42 Å². The minimum absolute atomic E-state index is 1.05. The van der Waals surface area contributed by atoms with Crippen molar-refractivity contribution in [2.45, 2.75) is 13.3 Å². The van der Waals surface area contributed by atoms with Gasteiger partial charge in [-0.05, 0) is 43.3 Å². The third kappa shape index (κ3) is 8.85. The van der Waals surface area contributed by atoms with Crippen LogP contribution in [0.1, 0.15) is 13.3 Å². The minimum atomic E-state index is -10.7. The molecule has 8 heteroatoms. The van der Waals surface area contributed by atoms with Crippen molar-refractivity contribution in [3.05, 3.63) is 103 Å². The summed E-state index contributed by atoms with van der Waals surface area (Å²) in [5, 5.41) is 4.34. The van der Waals surface area contributed by atoms with Gasteiger partial charge in [-0.25, -0.2) is 0 Å². The first-order valence-electron chi connectivity index (χ1n) is 9.44. The molecule has 0 radical (unpaired) electrons. The molecule has 0 aliphatic heterocycles. The predicted molar refractivity (Wildman–Crippen MR) is 123 cm³/mol. The summed E-state index contributed by atoms with van der Waals surface area (Å²) in [7, 11) is -12.3. The van der Waals surface area contributed by atoms with Crippen LogP contribution in [0.15, 0.2) is 103 Å². The fourth-order valence-electron chi connectivity index (χ4n) is 3.24. The third-order valence-electron chi connectivity index (χ3n) is 4.46. The van der Waals surface area contributed by atoms with Crippen LogP contribution >= 0.6 is 15.1 Å². The van der Waals surface area contributed by atoms with Crippen LogP contribution in [0.2, 0.25) is 0 Å². The average molecular weight is 476 g/mol. The topological polar surface area (TPSA) is 0 Å². The fraction of sp³-hybridized carbons (Fsp3) is 0.130. The van der Waals surface area contributed by atoms with Crippen molar-refractivity contribution in [1.82, 2.24) is 0 Å². The summed E-state index contributed by atoms with van der Waals surface area (Å²) in [4.78, 5) is 0. The van der Waals surface area contributed by atoms with E-state index >= 15 is 0 Å². The van der Waals surface area contributed by atoms with E-state index in [0.717, 1.165) is 12.6 Å². The molecule has 0 saturated heterocycles. The van der Waals surface area contributed by atoms with Crippen molar-refractivity contribution in [1.29, 1.82) is 0 Å². The molecule has 0 aliphatic carbocycles. The van der Waals surface area contributed by atoms with Crippen molar-refractivity contribution in [3.8, 4) is 0 Å². The number of benzene rings is 3. The molecule has 0 amide bonds. The molecule has 0 aliphatic rings. The second-order valence-electron chi connectivity index (χ2n) is 7.21. The Kier molecular flexibility index (Phi) is 7.10. The summed E-state index contributed by atoms with van der Waals surface area (Å²) in [5.74, 6) is 0. The SMILES string of the molecule is C=C(C)CC[P+](c1ccccc1)(c1ccccc1)c1ccccc1.F[P-](F)(F)(F)(F)F. The van der Waals surface area contributed by atoms with E-state index in [1.54, 1.807) is 0 Å². The number of allylic oxidation sites excluding steroid dienone is 1. The van der Waals surface area contributed by atoms with Crippen LogP contribution in [0.25, 0.3) is 0 Å². The molecule has 0 spiro atoms. The Morgan fingerprint density at radius 2 is 0.903 bits per heavy atom. The first-order valence-corrected chi connectivity index (χ1v) is 13.4. The van der Waals surface area contributed by atoms with E-state index in [-0.39, 0.29) is 0 Å². The molecule has 0 nitrogen and oxygen atoms in total. The van der Waals surface area contributed by atoms with Crippen molar-refractivity contribution in [2.75, 3.05) is 6.16 Å². The molecule has 0 unspecified atom stereocenters. The molecule has 168 valence electrons. The molecule has 3 aromatic rings.